The maximum absolute atomic E-state index is 12.2. The van der Waals surface area contributed by atoms with Gasteiger partial charge in [0.05, 0.1) is 10.9 Å². The molecule has 1 saturated heterocycles. The highest BCUT2D eigenvalue weighted by Crippen LogP contribution is 2.24. The average molecular weight is 292 g/mol. The summed E-state index contributed by atoms with van der Waals surface area (Å²) in [5.74, 6) is 0. The van der Waals surface area contributed by atoms with Gasteiger partial charge in [-0.2, -0.15) is 0 Å². The van der Waals surface area contributed by atoms with Crippen molar-refractivity contribution in [3.63, 3.8) is 0 Å². The zero-order valence-corrected chi connectivity index (χ0v) is 13.3. The molecule has 0 radical (unpaired) electrons. The van der Waals surface area contributed by atoms with Crippen LogP contribution in [0.15, 0.2) is 0 Å². The Balaban J connectivity index is 2.49. The predicted octanol–water partition coefficient (Wildman–Crippen LogP) is 1.25. The lowest BCUT2D eigenvalue weighted by Gasteiger charge is -2.36. The Kier molecular flexibility index (Phi) is 6.23. The van der Waals surface area contributed by atoms with Gasteiger partial charge in [0.25, 0.3) is 0 Å². The highest BCUT2D eigenvalue weighted by atomic mass is 32.2. The van der Waals surface area contributed by atoms with Crippen LogP contribution in [0.1, 0.15) is 47.0 Å². The Hall–Kier alpha value is -0.170. The van der Waals surface area contributed by atoms with E-state index in [4.69, 9.17) is 4.74 Å². The first-order valence-corrected chi connectivity index (χ1v) is 8.67. The molecule has 1 heterocycles. The summed E-state index contributed by atoms with van der Waals surface area (Å²) >= 11 is 0. The van der Waals surface area contributed by atoms with E-state index in [0.29, 0.717) is 13.2 Å². The molecule has 114 valence electrons. The molecule has 2 atom stereocenters. The number of sulfonamides is 1. The highest BCUT2D eigenvalue weighted by molar-refractivity contribution is 7.90. The molecule has 1 rings (SSSR count). The fourth-order valence-electron chi connectivity index (χ4n) is 2.27. The zero-order valence-electron chi connectivity index (χ0n) is 12.5. The number of hydrogen-bond acceptors (Lipinski definition) is 4. The van der Waals surface area contributed by atoms with Crippen LogP contribution in [0.25, 0.3) is 0 Å². The fraction of sp³-hybridized carbons (Fsp3) is 1.00. The van der Waals surface area contributed by atoms with E-state index in [9.17, 15) is 8.42 Å². The Bertz CT molecular complexity index is 368. The van der Waals surface area contributed by atoms with Gasteiger partial charge in [0, 0.05) is 19.2 Å². The third kappa shape index (κ3) is 5.77. The minimum atomic E-state index is -3.26. The summed E-state index contributed by atoms with van der Waals surface area (Å²) in [4.78, 5) is 0. The van der Waals surface area contributed by atoms with Crippen molar-refractivity contribution >= 4 is 10.0 Å². The topological polar surface area (TPSA) is 67.4 Å². The molecule has 0 bridgehead atoms. The maximum Gasteiger partial charge on any atom is 0.215 e. The van der Waals surface area contributed by atoms with Crippen LogP contribution in [0.3, 0.4) is 0 Å². The first kappa shape index (κ1) is 16.9. The van der Waals surface area contributed by atoms with Crippen molar-refractivity contribution in [2.75, 3.05) is 19.7 Å². The first-order valence-electron chi connectivity index (χ1n) is 7.12. The fourth-order valence-corrected chi connectivity index (χ4v) is 3.51. The van der Waals surface area contributed by atoms with Crippen molar-refractivity contribution < 1.29 is 13.2 Å². The van der Waals surface area contributed by atoms with E-state index >= 15 is 0 Å². The molecule has 2 N–H and O–H groups in total. The van der Waals surface area contributed by atoms with Crippen LogP contribution in [0, 0.1) is 0 Å². The van der Waals surface area contributed by atoms with Crippen molar-refractivity contribution in [3.8, 4) is 0 Å². The van der Waals surface area contributed by atoms with Gasteiger partial charge in [0.1, 0.15) is 0 Å². The van der Waals surface area contributed by atoms with E-state index in [0.717, 1.165) is 25.8 Å². The van der Waals surface area contributed by atoms with E-state index < -0.39 is 15.3 Å². The molecule has 1 fully saturated rings. The summed E-state index contributed by atoms with van der Waals surface area (Å²) in [5.41, 5.74) is -0.241. The number of ether oxygens (including phenoxy) is 1. The first-order chi connectivity index (χ1) is 8.77. The third-order valence-electron chi connectivity index (χ3n) is 3.42. The number of rotatable bonds is 7. The van der Waals surface area contributed by atoms with Crippen molar-refractivity contribution in [2.24, 2.45) is 0 Å². The van der Waals surface area contributed by atoms with E-state index in [1.807, 2.05) is 13.8 Å². The average Bonchev–Trinajstić information content (AvgIpc) is 2.27. The predicted molar refractivity (Wildman–Crippen MR) is 77.7 cm³/mol. The van der Waals surface area contributed by atoms with Crippen molar-refractivity contribution in [3.05, 3.63) is 0 Å². The van der Waals surface area contributed by atoms with Crippen LogP contribution in [-0.2, 0) is 14.8 Å². The molecule has 0 amide bonds. The van der Waals surface area contributed by atoms with Crippen molar-refractivity contribution in [1.82, 2.24) is 10.0 Å². The van der Waals surface area contributed by atoms with Gasteiger partial charge in [-0.3, -0.25) is 0 Å². The Morgan fingerprint density at radius 2 is 2.11 bits per heavy atom. The molecule has 0 saturated carbocycles. The molecular formula is C13H28N2O3S. The van der Waals surface area contributed by atoms with Gasteiger partial charge < -0.3 is 10.1 Å². The second-order valence-electron chi connectivity index (χ2n) is 5.98. The lowest BCUT2D eigenvalue weighted by Crippen LogP contribution is -2.49. The summed E-state index contributed by atoms with van der Waals surface area (Å²) < 4.78 is 32.9. The lowest BCUT2D eigenvalue weighted by atomic mass is 9.95. The molecule has 0 aromatic rings. The van der Waals surface area contributed by atoms with E-state index in [1.54, 1.807) is 6.92 Å². The minimum absolute atomic E-state index is 0.0117. The molecule has 0 aliphatic carbocycles. The Labute approximate surface area is 117 Å². The van der Waals surface area contributed by atoms with Crippen molar-refractivity contribution in [2.45, 2.75) is 63.9 Å². The van der Waals surface area contributed by atoms with Gasteiger partial charge in [-0.15, -0.1) is 0 Å². The molecule has 19 heavy (non-hydrogen) atoms. The molecule has 6 heteroatoms. The smallest absolute Gasteiger partial charge is 0.215 e. The summed E-state index contributed by atoms with van der Waals surface area (Å²) in [7, 11) is -3.26. The second-order valence-corrected chi connectivity index (χ2v) is 8.11. The minimum Gasteiger partial charge on any atom is -0.375 e. The van der Waals surface area contributed by atoms with Crippen LogP contribution < -0.4 is 10.0 Å². The number of nitrogens with one attached hydrogen (secondary N) is 2. The van der Waals surface area contributed by atoms with E-state index in [-0.39, 0.29) is 11.6 Å². The van der Waals surface area contributed by atoms with Gasteiger partial charge in [-0.25, -0.2) is 13.1 Å². The third-order valence-corrected chi connectivity index (χ3v) is 5.30. The van der Waals surface area contributed by atoms with Gasteiger partial charge in [-0.05, 0) is 46.6 Å². The zero-order chi connectivity index (χ0) is 14.5. The molecular weight excluding hydrogens is 264 g/mol. The Morgan fingerprint density at radius 3 is 2.68 bits per heavy atom. The quantitative estimate of drug-likeness (QED) is 0.693. The molecule has 1 aliphatic heterocycles. The second kappa shape index (κ2) is 7.02. The number of hydrogen-bond donors (Lipinski definition) is 2. The van der Waals surface area contributed by atoms with Crippen LogP contribution in [0.2, 0.25) is 0 Å². The largest absolute Gasteiger partial charge is 0.375 e. The van der Waals surface area contributed by atoms with Crippen LogP contribution in [-0.4, -0.2) is 45.0 Å². The molecule has 0 aromatic carbocycles. The molecule has 0 spiro atoms. The summed E-state index contributed by atoms with van der Waals surface area (Å²) in [6.45, 7) is 9.77. The van der Waals surface area contributed by atoms with Gasteiger partial charge in [0.15, 0.2) is 0 Å². The highest BCUT2D eigenvalue weighted by Gasteiger charge is 2.32. The Morgan fingerprint density at radius 1 is 1.42 bits per heavy atom. The lowest BCUT2D eigenvalue weighted by molar-refractivity contribution is -0.0599. The van der Waals surface area contributed by atoms with Gasteiger partial charge in [-0.1, -0.05) is 6.92 Å². The molecule has 2 unspecified atom stereocenters. The van der Waals surface area contributed by atoms with Gasteiger partial charge in [0.2, 0.25) is 10.0 Å². The monoisotopic (exact) mass is 292 g/mol. The standard InChI is InChI=1S/C13H28N2O3S/c1-5-7-14-10-11(2)19(16,17)15-12-6-8-18-13(3,4)9-12/h11-12,14-15H,5-10H2,1-4H3. The summed E-state index contributed by atoms with van der Waals surface area (Å²) in [6, 6.07) is -0.0117. The SMILES string of the molecule is CCCNCC(C)S(=O)(=O)NC1CCOC(C)(C)C1. The van der Waals surface area contributed by atoms with Gasteiger partial charge >= 0.3 is 0 Å². The summed E-state index contributed by atoms with van der Waals surface area (Å²) in [6.07, 6.45) is 2.48. The van der Waals surface area contributed by atoms with Crippen LogP contribution >= 0.6 is 0 Å². The van der Waals surface area contributed by atoms with Crippen LogP contribution in [0.5, 0.6) is 0 Å². The van der Waals surface area contributed by atoms with E-state index in [1.165, 1.54) is 0 Å². The molecule has 5 nitrogen and oxygen atoms in total. The molecule has 1 aliphatic rings. The van der Waals surface area contributed by atoms with E-state index in [2.05, 4.69) is 17.0 Å². The van der Waals surface area contributed by atoms with Crippen LogP contribution in [0.4, 0.5) is 0 Å². The summed E-state index contributed by atoms with van der Waals surface area (Å²) in [5, 5.41) is 2.74. The normalized spacial score (nSPS) is 25.2. The maximum atomic E-state index is 12.2. The van der Waals surface area contributed by atoms with Crippen molar-refractivity contribution in [1.29, 1.82) is 0 Å². The molecule has 0 aromatic heterocycles.